The second-order valence-electron chi connectivity index (χ2n) is 4.62. The molecule has 0 aromatic heterocycles. The van der Waals surface area contributed by atoms with Gasteiger partial charge in [-0.1, -0.05) is 13.8 Å². The van der Waals surface area contributed by atoms with Gasteiger partial charge in [-0.2, -0.15) is 13.2 Å². The first kappa shape index (κ1) is 16.4. The number of nitrogens with zero attached hydrogens (tertiary/aromatic N) is 1. The number of alkyl halides is 3. The summed E-state index contributed by atoms with van der Waals surface area (Å²) in [6, 6.07) is 0. The molecular formula is C12H22F3NO. The van der Waals surface area contributed by atoms with Crippen molar-refractivity contribution in [1.29, 1.82) is 0 Å². The van der Waals surface area contributed by atoms with Crippen molar-refractivity contribution in [3.05, 3.63) is 0 Å². The molecule has 17 heavy (non-hydrogen) atoms. The van der Waals surface area contributed by atoms with Crippen molar-refractivity contribution in [1.82, 2.24) is 4.90 Å². The van der Waals surface area contributed by atoms with Crippen LogP contribution in [0.3, 0.4) is 0 Å². The molecule has 0 saturated carbocycles. The largest absolute Gasteiger partial charge is 0.389 e. The molecule has 102 valence electrons. The Bertz CT molecular complexity index is 245. The minimum atomic E-state index is -4.17. The first-order chi connectivity index (χ1) is 7.65. The summed E-state index contributed by atoms with van der Waals surface area (Å²) >= 11 is 0. The number of likely N-dealkylation sites (N-methyl/N-ethyl adjacent to an activating group) is 1. The molecule has 0 aliphatic rings. The quantitative estimate of drug-likeness (QED) is 0.693. The van der Waals surface area contributed by atoms with Crippen LogP contribution < -0.4 is 0 Å². The third-order valence-electron chi connectivity index (χ3n) is 3.10. The van der Waals surface area contributed by atoms with Crippen LogP contribution in [0.25, 0.3) is 0 Å². The molecule has 0 saturated heterocycles. The molecule has 0 spiro atoms. The highest BCUT2D eigenvalue weighted by atomic mass is 19.4. The second kappa shape index (κ2) is 6.38. The minimum absolute atomic E-state index is 0.0109. The van der Waals surface area contributed by atoms with Gasteiger partial charge in [0.2, 0.25) is 0 Å². The zero-order valence-electron chi connectivity index (χ0n) is 11.0. The first-order valence-corrected chi connectivity index (χ1v) is 6.00. The van der Waals surface area contributed by atoms with E-state index in [1.807, 2.05) is 18.7 Å². The molecule has 2 nitrogen and oxygen atoms in total. The molecule has 0 N–H and O–H groups in total. The zero-order valence-corrected chi connectivity index (χ0v) is 11.0. The third kappa shape index (κ3) is 5.52. The number of halogens is 3. The summed E-state index contributed by atoms with van der Waals surface area (Å²) in [7, 11) is 0. The molecule has 0 unspecified atom stereocenters. The van der Waals surface area contributed by atoms with E-state index in [2.05, 4.69) is 0 Å². The Hall–Kier alpha value is -0.580. The Morgan fingerprint density at radius 3 is 1.94 bits per heavy atom. The zero-order chi connectivity index (χ0) is 13.7. The van der Waals surface area contributed by atoms with Gasteiger partial charge in [-0.05, 0) is 33.4 Å². The van der Waals surface area contributed by atoms with Crippen LogP contribution >= 0.6 is 0 Å². The van der Waals surface area contributed by atoms with Crippen LogP contribution in [0.15, 0.2) is 0 Å². The normalized spacial score (nSPS) is 13.2. The molecule has 0 aromatic carbocycles. The lowest BCUT2D eigenvalue weighted by molar-refractivity contribution is -0.139. The van der Waals surface area contributed by atoms with Crippen LogP contribution in [-0.2, 0) is 4.79 Å². The highest BCUT2D eigenvalue weighted by Crippen LogP contribution is 2.24. The van der Waals surface area contributed by atoms with Crippen LogP contribution in [0, 0.1) is 0 Å². The fourth-order valence-corrected chi connectivity index (χ4v) is 1.95. The molecule has 0 heterocycles. The number of Topliss-reactive ketones (excluding diaryl/α,β-unsaturated/α-hetero) is 1. The van der Waals surface area contributed by atoms with E-state index in [4.69, 9.17) is 0 Å². The number of hydrogen-bond acceptors (Lipinski definition) is 2. The highest BCUT2D eigenvalue weighted by Gasteiger charge is 2.33. The van der Waals surface area contributed by atoms with Crippen molar-refractivity contribution in [3.8, 4) is 0 Å². The van der Waals surface area contributed by atoms with Gasteiger partial charge in [0.15, 0.2) is 5.78 Å². The lowest BCUT2D eigenvalue weighted by atomic mass is 9.92. The predicted octanol–water partition coefficient (Wildman–Crippen LogP) is 3.41. The molecule has 0 aromatic rings. The summed E-state index contributed by atoms with van der Waals surface area (Å²) in [6.45, 7) is 8.86. The van der Waals surface area contributed by atoms with Crippen LogP contribution in [0.5, 0.6) is 0 Å². The molecule has 0 amide bonds. The van der Waals surface area contributed by atoms with Crippen molar-refractivity contribution < 1.29 is 18.0 Å². The van der Waals surface area contributed by atoms with Crippen molar-refractivity contribution in [2.75, 3.05) is 13.1 Å². The topological polar surface area (TPSA) is 20.3 Å². The van der Waals surface area contributed by atoms with Gasteiger partial charge in [0.1, 0.15) is 0 Å². The fourth-order valence-electron chi connectivity index (χ4n) is 1.95. The number of hydrogen-bond donors (Lipinski definition) is 0. The SMILES string of the molecule is CCN(CC)C(C)(C)C(=O)CCCC(F)(F)F. The van der Waals surface area contributed by atoms with Crippen molar-refractivity contribution >= 4 is 5.78 Å². The van der Waals surface area contributed by atoms with Gasteiger partial charge in [-0.15, -0.1) is 0 Å². The maximum absolute atomic E-state index is 12.0. The molecule has 0 radical (unpaired) electrons. The third-order valence-corrected chi connectivity index (χ3v) is 3.10. The molecule has 0 aliphatic heterocycles. The van der Waals surface area contributed by atoms with Crippen molar-refractivity contribution in [3.63, 3.8) is 0 Å². The first-order valence-electron chi connectivity index (χ1n) is 6.00. The van der Waals surface area contributed by atoms with Gasteiger partial charge in [-0.3, -0.25) is 9.69 Å². The number of rotatable bonds is 7. The van der Waals surface area contributed by atoms with E-state index in [1.54, 1.807) is 13.8 Å². The Morgan fingerprint density at radius 1 is 1.12 bits per heavy atom. The van der Waals surface area contributed by atoms with E-state index < -0.39 is 18.1 Å². The van der Waals surface area contributed by atoms with E-state index in [0.717, 1.165) is 0 Å². The highest BCUT2D eigenvalue weighted by molar-refractivity contribution is 5.87. The molecule has 0 bridgehead atoms. The van der Waals surface area contributed by atoms with Gasteiger partial charge < -0.3 is 0 Å². The lowest BCUT2D eigenvalue weighted by Crippen LogP contribution is -2.49. The van der Waals surface area contributed by atoms with E-state index in [0.29, 0.717) is 13.1 Å². The number of carbonyl (C=O) groups excluding carboxylic acids is 1. The van der Waals surface area contributed by atoms with Gasteiger partial charge in [0, 0.05) is 12.8 Å². The molecule has 0 rings (SSSR count). The number of carbonyl (C=O) groups is 1. The van der Waals surface area contributed by atoms with Gasteiger partial charge >= 0.3 is 6.18 Å². The van der Waals surface area contributed by atoms with E-state index in [1.165, 1.54) is 0 Å². The van der Waals surface area contributed by atoms with Crippen LogP contribution in [-0.4, -0.2) is 35.5 Å². The van der Waals surface area contributed by atoms with E-state index >= 15 is 0 Å². The van der Waals surface area contributed by atoms with Gasteiger partial charge in [0.25, 0.3) is 0 Å². The summed E-state index contributed by atoms with van der Waals surface area (Å²) in [5.41, 5.74) is -0.672. The molecule has 0 aliphatic carbocycles. The minimum Gasteiger partial charge on any atom is -0.298 e. The smallest absolute Gasteiger partial charge is 0.298 e. The van der Waals surface area contributed by atoms with Crippen molar-refractivity contribution in [2.24, 2.45) is 0 Å². The Morgan fingerprint density at radius 2 is 1.59 bits per heavy atom. The van der Waals surface area contributed by atoms with Gasteiger partial charge in [0.05, 0.1) is 5.54 Å². The van der Waals surface area contributed by atoms with Crippen LogP contribution in [0.1, 0.15) is 47.0 Å². The molecule has 0 atom stereocenters. The van der Waals surface area contributed by atoms with E-state index in [-0.39, 0.29) is 18.6 Å². The maximum atomic E-state index is 12.0. The summed E-state index contributed by atoms with van der Waals surface area (Å²) in [6.07, 6.45) is -5.18. The Balaban J connectivity index is 4.30. The number of ketones is 1. The van der Waals surface area contributed by atoms with Crippen LogP contribution in [0.4, 0.5) is 13.2 Å². The summed E-state index contributed by atoms with van der Waals surface area (Å²) in [5, 5.41) is 0. The standard InChI is InChI=1S/C12H22F3NO/c1-5-16(6-2)11(3,4)10(17)8-7-9-12(13,14)15/h5-9H2,1-4H3. The molecule has 5 heteroatoms. The Labute approximate surface area is 101 Å². The van der Waals surface area contributed by atoms with Gasteiger partial charge in [-0.25, -0.2) is 0 Å². The van der Waals surface area contributed by atoms with Crippen LogP contribution in [0.2, 0.25) is 0 Å². The fraction of sp³-hybridized carbons (Fsp3) is 0.917. The Kier molecular flexibility index (Phi) is 6.16. The van der Waals surface area contributed by atoms with Crippen molar-refractivity contribution in [2.45, 2.75) is 58.7 Å². The average Bonchev–Trinajstić information content (AvgIpc) is 2.16. The van der Waals surface area contributed by atoms with E-state index in [9.17, 15) is 18.0 Å². The summed E-state index contributed by atoms with van der Waals surface area (Å²) in [4.78, 5) is 13.9. The second-order valence-corrected chi connectivity index (χ2v) is 4.62. The average molecular weight is 253 g/mol. The lowest BCUT2D eigenvalue weighted by Gasteiger charge is -2.35. The monoisotopic (exact) mass is 253 g/mol. The maximum Gasteiger partial charge on any atom is 0.389 e. The predicted molar refractivity (Wildman–Crippen MR) is 61.9 cm³/mol. The molecular weight excluding hydrogens is 231 g/mol. The molecule has 0 fully saturated rings. The summed E-state index contributed by atoms with van der Waals surface area (Å²) in [5.74, 6) is -0.120. The summed E-state index contributed by atoms with van der Waals surface area (Å²) < 4.78 is 35.9.